The van der Waals surface area contributed by atoms with Crippen LogP contribution in [0.25, 0.3) is 0 Å². The Kier molecular flexibility index (Phi) is 3.03. The van der Waals surface area contributed by atoms with E-state index in [0.717, 1.165) is 0 Å². The molecule has 1 aromatic carbocycles. The predicted octanol–water partition coefficient (Wildman–Crippen LogP) is 2.90. The Morgan fingerprint density at radius 1 is 1.29 bits per heavy atom. The van der Waals surface area contributed by atoms with Gasteiger partial charge >= 0.3 is 6.98 Å². The summed E-state index contributed by atoms with van der Waals surface area (Å²) in [5, 5.41) is 0. The molecule has 1 nitrogen and oxygen atoms in total. The van der Waals surface area contributed by atoms with E-state index in [0.29, 0.717) is 0 Å². The molecule has 0 heterocycles. The largest absolute Gasteiger partial charge is 0.519 e. The van der Waals surface area contributed by atoms with Gasteiger partial charge in [0.1, 0.15) is 0 Å². The number of hydrogen-bond donors (Lipinski definition) is 0. The summed E-state index contributed by atoms with van der Waals surface area (Å²) in [6, 6.07) is 4.07. The van der Waals surface area contributed by atoms with E-state index in [-0.39, 0.29) is 11.3 Å². The summed E-state index contributed by atoms with van der Waals surface area (Å²) < 4.78 is 52.8. The van der Waals surface area contributed by atoms with Gasteiger partial charge in [-0.1, -0.05) is 12.1 Å². The Morgan fingerprint density at radius 3 is 2.50 bits per heavy atom. The van der Waals surface area contributed by atoms with Gasteiger partial charge in [0, 0.05) is 0 Å². The van der Waals surface area contributed by atoms with Crippen molar-refractivity contribution in [3.8, 4) is 5.75 Å². The normalized spacial score (nSPS) is 11.5. The highest BCUT2D eigenvalue weighted by molar-refractivity contribution is 6.58. The molecule has 1 rings (SSSR count). The van der Waals surface area contributed by atoms with E-state index >= 15 is 0 Å². The molecule has 0 N–H and O–H groups in total. The van der Waals surface area contributed by atoms with Crippen LogP contribution < -0.4 is 4.74 Å². The predicted molar refractivity (Wildman–Crippen MR) is 45.7 cm³/mol. The van der Waals surface area contributed by atoms with Crippen molar-refractivity contribution in [2.45, 2.75) is 6.92 Å². The SMILES string of the molecule is Cc1cccc(OC[B-](F)(F)F)c1F. The maximum atomic E-state index is 13.1. The summed E-state index contributed by atoms with van der Waals surface area (Å²) in [5.74, 6) is -1.10. The van der Waals surface area contributed by atoms with Crippen molar-refractivity contribution in [2.24, 2.45) is 0 Å². The Hall–Kier alpha value is -1.20. The number of rotatable bonds is 3. The summed E-state index contributed by atoms with van der Waals surface area (Å²) in [4.78, 5) is 0. The lowest BCUT2D eigenvalue weighted by molar-refractivity contribution is 0.300. The molecule has 0 aliphatic rings. The van der Waals surface area contributed by atoms with Gasteiger partial charge in [-0.05, 0) is 18.6 Å². The van der Waals surface area contributed by atoms with Crippen molar-refractivity contribution < 1.29 is 22.1 Å². The topological polar surface area (TPSA) is 9.23 Å². The smallest absolute Gasteiger partial charge is 0.515 e. The van der Waals surface area contributed by atoms with Gasteiger partial charge in [-0.25, -0.2) is 4.39 Å². The fraction of sp³-hybridized carbons (Fsp3) is 0.250. The maximum Gasteiger partial charge on any atom is 0.515 e. The lowest BCUT2D eigenvalue weighted by atomic mass is 9.95. The second kappa shape index (κ2) is 3.90. The van der Waals surface area contributed by atoms with E-state index in [4.69, 9.17) is 0 Å². The van der Waals surface area contributed by atoms with Crippen LogP contribution in [0, 0.1) is 12.7 Å². The van der Waals surface area contributed by atoms with Crippen LogP contribution >= 0.6 is 0 Å². The Morgan fingerprint density at radius 2 is 1.93 bits per heavy atom. The quantitative estimate of drug-likeness (QED) is 0.546. The van der Waals surface area contributed by atoms with E-state index in [1.807, 2.05) is 0 Å². The molecule has 0 spiro atoms. The highest BCUT2D eigenvalue weighted by Crippen LogP contribution is 2.21. The number of hydrogen-bond acceptors (Lipinski definition) is 1. The second-order valence-corrected chi connectivity index (χ2v) is 2.91. The van der Waals surface area contributed by atoms with Gasteiger partial charge in [0.25, 0.3) is 0 Å². The van der Waals surface area contributed by atoms with E-state index in [1.54, 1.807) is 0 Å². The second-order valence-electron chi connectivity index (χ2n) is 2.91. The minimum atomic E-state index is -5.04. The van der Waals surface area contributed by atoms with Crippen molar-refractivity contribution in [3.05, 3.63) is 29.6 Å². The monoisotopic (exact) mass is 207 g/mol. The first kappa shape index (κ1) is 10.9. The van der Waals surface area contributed by atoms with Crippen molar-refractivity contribution in [2.75, 3.05) is 6.51 Å². The first-order valence-electron chi connectivity index (χ1n) is 3.99. The highest BCUT2D eigenvalue weighted by atomic mass is 19.4. The molecule has 0 unspecified atom stereocenters. The Labute approximate surface area is 78.7 Å². The van der Waals surface area contributed by atoms with Gasteiger partial charge in [-0.15, -0.1) is 0 Å². The molecule has 0 aliphatic heterocycles. The number of benzene rings is 1. The molecule has 0 saturated heterocycles. The minimum absolute atomic E-state index is 0.261. The van der Waals surface area contributed by atoms with Crippen molar-refractivity contribution in [3.63, 3.8) is 0 Å². The van der Waals surface area contributed by atoms with E-state index in [1.165, 1.54) is 25.1 Å². The third-order valence-corrected chi connectivity index (χ3v) is 1.58. The molecular formula is C8H8BF4O-. The lowest BCUT2D eigenvalue weighted by Gasteiger charge is -2.15. The number of halogens is 4. The zero-order chi connectivity index (χ0) is 10.8. The van der Waals surface area contributed by atoms with Crippen LogP contribution in [-0.4, -0.2) is 13.5 Å². The summed E-state index contributed by atoms with van der Waals surface area (Å²) in [5.41, 5.74) is 0.261. The van der Waals surface area contributed by atoms with Crippen molar-refractivity contribution >= 4 is 6.98 Å². The highest BCUT2D eigenvalue weighted by Gasteiger charge is 2.24. The summed E-state index contributed by atoms with van der Waals surface area (Å²) in [6.07, 6.45) is 0. The number of ether oxygens (including phenoxy) is 1. The van der Waals surface area contributed by atoms with Gasteiger partial charge in [0.2, 0.25) is 0 Å². The average Bonchev–Trinajstić information content (AvgIpc) is 2.06. The average molecular weight is 207 g/mol. The molecule has 6 heteroatoms. The minimum Gasteiger partial charge on any atom is -0.519 e. The molecule has 0 atom stereocenters. The van der Waals surface area contributed by atoms with E-state index in [2.05, 4.69) is 4.74 Å². The molecule has 0 fully saturated rings. The molecule has 0 aliphatic carbocycles. The van der Waals surface area contributed by atoms with Crippen LogP contribution in [0.1, 0.15) is 5.56 Å². The molecule has 1 aromatic rings. The van der Waals surface area contributed by atoms with Crippen molar-refractivity contribution in [1.82, 2.24) is 0 Å². The first-order valence-corrected chi connectivity index (χ1v) is 3.99. The van der Waals surface area contributed by atoms with Crippen molar-refractivity contribution in [1.29, 1.82) is 0 Å². The molecule has 0 saturated carbocycles. The molecule has 0 amide bonds. The summed E-state index contributed by atoms with van der Waals surface area (Å²) in [6.45, 7) is -5.00. The van der Waals surface area contributed by atoms with Crippen LogP contribution in [0.2, 0.25) is 0 Å². The Balaban J connectivity index is 2.73. The van der Waals surface area contributed by atoms with Crippen LogP contribution in [0.5, 0.6) is 5.75 Å². The van der Waals surface area contributed by atoms with Crippen LogP contribution in [0.15, 0.2) is 18.2 Å². The van der Waals surface area contributed by atoms with Crippen LogP contribution in [-0.2, 0) is 0 Å². The fourth-order valence-corrected chi connectivity index (χ4v) is 0.916. The molecule has 78 valence electrons. The molecule has 14 heavy (non-hydrogen) atoms. The van der Waals surface area contributed by atoms with Gasteiger partial charge < -0.3 is 17.7 Å². The first-order chi connectivity index (χ1) is 6.40. The molecule has 0 aromatic heterocycles. The van der Waals surface area contributed by atoms with E-state index in [9.17, 15) is 17.3 Å². The van der Waals surface area contributed by atoms with Gasteiger partial charge in [-0.3, -0.25) is 0 Å². The standard InChI is InChI=1S/C8H8BF4O/c1-6-3-2-4-7(8(6)10)14-5-9(11,12)13/h2-4H,5H2,1H3/q-1. The lowest BCUT2D eigenvalue weighted by Crippen LogP contribution is -2.26. The van der Waals surface area contributed by atoms with E-state index < -0.39 is 19.3 Å². The van der Waals surface area contributed by atoms with Gasteiger partial charge in [-0.2, -0.15) is 0 Å². The zero-order valence-corrected chi connectivity index (χ0v) is 7.44. The fourth-order valence-electron chi connectivity index (χ4n) is 0.916. The molecule has 0 bridgehead atoms. The van der Waals surface area contributed by atoms with Gasteiger partial charge in [0.15, 0.2) is 11.6 Å². The summed E-state index contributed by atoms with van der Waals surface area (Å²) in [7, 11) is 0. The Bertz CT molecular complexity index is 324. The van der Waals surface area contributed by atoms with Crippen LogP contribution in [0.4, 0.5) is 17.3 Å². The molecular weight excluding hydrogens is 199 g/mol. The zero-order valence-electron chi connectivity index (χ0n) is 7.44. The third-order valence-electron chi connectivity index (χ3n) is 1.58. The molecule has 0 radical (unpaired) electrons. The maximum absolute atomic E-state index is 13.1. The van der Waals surface area contributed by atoms with Gasteiger partial charge in [0.05, 0.1) is 6.51 Å². The van der Waals surface area contributed by atoms with Crippen LogP contribution in [0.3, 0.4) is 0 Å². The number of aryl methyl sites for hydroxylation is 1. The summed E-state index contributed by atoms with van der Waals surface area (Å²) >= 11 is 0. The third kappa shape index (κ3) is 2.94.